The molecular weight excluding hydrogens is 280 g/mol. The maximum Gasteiger partial charge on any atom is 0.271 e. The summed E-state index contributed by atoms with van der Waals surface area (Å²) in [4.78, 5) is 20.5. The van der Waals surface area contributed by atoms with Crippen molar-refractivity contribution in [2.75, 3.05) is 6.54 Å². The van der Waals surface area contributed by atoms with Gasteiger partial charge in [0.15, 0.2) is 0 Å². The highest BCUT2D eigenvalue weighted by Gasteiger charge is 2.14. The van der Waals surface area contributed by atoms with E-state index in [1.807, 2.05) is 37.7 Å². The molecule has 0 aliphatic rings. The molecule has 0 saturated carbocycles. The Morgan fingerprint density at radius 2 is 2.23 bits per heavy atom. The zero-order valence-electron chi connectivity index (χ0n) is 12.8. The number of nitrogens with zero attached hydrogens (tertiary/aromatic N) is 5. The van der Waals surface area contributed by atoms with E-state index in [2.05, 4.69) is 20.4 Å². The molecule has 7 heteroatoms. The predicted octanol–water partition coefficient (Wildman–Crippen LogP) is 1.53. The molecule has 0 unspecified atom stereocenters. The summed E-state index contributed by atoms with van der Waals surface area (Å²) in [6.45, 7) is 6.47. The number of amides is 1. The van der Waals surface area contributed by atoms with Crippen molar-refractivity contribution >= 4 is 11.7 Å². The Labute approximate surface area is 128 Å². The van der Waals surface area contributed by atoms with Crippen LogP contribution >= 0.6 is 0 Å². The van der Waals surface area contributed by atoms with Gasteiger partial charge in [-0.05, 0) is 32.9 Å². The molecule has 1 atom stereocenters. The third kappa shape index (κ3) is 2.69. The van der Waals surface area contributed by atoms with Gasteiger partial charge in [0.2, 0.25) is 5.78 Å². The quantitative estimate of drug-likeness (QED) is 0.792. The molecule has 0 aliphatic heterocycles. The first kappa shape index (κ1) is 14.2. The molecule has 0 radical (unpaired) electrons. The molecule has 1 N–H and O–H groups in total. The van der Waals surface area contributed by atoms with Crippen LogP contribution in [0.2, 0.25) is 0 Å². The van der Waals surface area contributed by atoms with E-state index in [9.17, 15) is 4.79 Å². The molecule has 0 aliphatic carbocycles. The predicted molar refractivity (Wildman–Crippen MR) is 81.7 cm³/mol. The molecule has 3 aromatic rings. The van der Waals surface area contributed by atoms with E-state index in [0.29, 0.717) is 18.0 Å². The number of aromatic nitrogens is 5. The number of imidazole rings is 1. The summed E-state index contributed by atoms with van der Waals surface area (Å²) in [7, 11) is 0. The average molecular weight is 298 g/mol. The number of aryl methyl sites for hydroxylation is 2. The fourth-order valence-corrected chi connectivity index (χ4v) is 2.45. The first-order chi connectivity index (χ1) is 10.5. The number of rotatable bonds is 4. The molecule has 3 aromatic heterocycles. The fourth-order valence-electron chi connectivity index (χ4n) is 2.45. The highest BCUT2D eigenvalue weighted by molar-refractivity contribution is 5.92. The molecule has 22 heavy (non-hydrogen) atoms. The number of fused-ring (bicyclic) bond motifs is 1. The molecule has 0 spiro atoms. The maximum atomic E-state index is 12.2. The minimum atomic E-state index is -0.209. The summed E-state index contributed by atoms with van der Waals surface area (Å²) >= 11 is 0. The Morgan fingerprint density at radius 3 is 2.91 bits per heavy atom. The number of carbonyl (C=O) groups excluding carboxylic acids is 1. The minimum absolute atomic E-state index is 0.0767. The summed E-state index contributed by atoms with van der Waals surface area (Å²) in [5.74, 6) is 0.304. The van der Waals surface area contributed by atoms with Crippen LogP contribution in [0.25, 0.3) is 5.78 Å². The van der Waals surface area contributed by atoms with Crippen LogP contribution in [0.3, 0.4) is 0 Å². The second-order valence-corrected chi connectivity index (χ2v) is 5.38. The van der Waals surface area contributed by atoms with Crippen molar-refractivity contribution in [3.05, 3.63) is 47.8 Å². The zero-order chi connectivity index (χ0) is 15.7. The van der Waals surface area contributed by atoms with Crippen LogP contribution < -0.4 is 5.32 Å². The Bertz CT molecular complexity index is 785. The van der Waals surface area contributed by atoms with Crippen LogP contribution in [0, 0.1) is 13.8 Å². The van der Waals surface area contributed by atoms with Crippen LogP contribution in [-0.4, -0.2) is 36.6 Å². The summed E-state index contributed by atoms with van der Waals surface area (Å²) < 4.78 is 3.64. The van der Waals surface area contributed by atoms with Gasteiger partial charge in [-0.1, -0.05) is 0 Å². The van der Waals surface area contributed by atoms with Gasteiger partial charge in [-0.2, -0.15) is 5.10 Å². The van der Waals surface area contributed by atoms with Crippen LogP contribution in [0.15, 0.2) is 30.7 Å². The molecule has 114 valence electrons. The molecule has 1 amide bonds. The lowest BCUT2D eigenvalue weighted by Crippen LogP contribution is -2.30. The van der Waals surface area contributed by atoms with Crippen LogP contribution in [0.4, 0.5) is 0 Å². The van der Waals surface area contributed by atoms with Gasteiger partial charge in [-0.15, -0.1) is 0 Å². The smallest absolute Gasteiger partial charge is 0.271 e. The molecule has 0 saturated heterocycles. The molecule has 3 rings (SSSR count). The molecule has 0 fully saturated rings. The van der Waals surface area contributed by atoms with E-state index in [4.69, 9.17) is 0 Å². The number of nitrogens with one attached hydrogen (secondary N) is 1. The standard InChI is InChI=1S/C15H18N6O/c1-10-7-11(2)21(19-10)12(3)8-17-14(22)13-9-20-6-4-5-16-15(20)18-13/h4-7,9,12H,8H2,1-3H3,(H,17,22)/t12-/m1/s1. The van der Waals surface area contributed by atoms with Crippen molar-refractivity contribution in [3.8, 4) is 0 Å². The molecule has 0 aromatic carbocycles. The SMILES string of the molecule is Cc1cc(C)n([C@H](C)CNC(=O)c2cn3cccnc3n2)n1. The van der Waals surface area contributed by atoms with Gasteiger partial charge in [-0.25, -0.2) is 9.97 Å². The third-order valence-corrected chi connectivity index (χ3v) is 3.49. The lowest BCUT2D eigenvalue weighted by molar-refractivity contribution is 0.0943. The van der Waals surface area contributed by atoms with Crippen molar-refractivity contribution in [1.29, 1.82) is 0 Å². The Kier molecular flexibility index (Phi) is 3.62. The highest BCUT2D eigenvalue weighted by Crippen LogP contribution is 2.10. The van der Waals surface area contributed by atoms with E-state index in [1.54, 1.807) is 22.9 Å². The summed E-state index contributed by atoms with van der Waals surface area (Å²) in [6, 6.07) is 3.89. The van der Waals surface area contributed by atoms with Gasteiger partial charge >= 0.3 is 0 Å². The van der Waals surface area contributed by atoms with Gasteiger partial charge in [0.05, 0.1) is 11.7 Å². The summed E-state index contributed by atoms with van der Waals surface area (Å²) in [5, 5.41) is 7.32. The van der Waals surface area contributed by atoms with E-state index in [-0.39, 0.29) is 11.9 Å². The number of hydrogen-bond donors (Lipinski definition) is 1. The highest BCUT2D eigenvalue weighted by atomic mass is 16.1. The van der Waals surface area contributed by atoms with Crippen molar-refractivity contribution < 1.29 is 4.79 Å². The maximum absolute atomic E-state index is 12.2. The second kappa shape index (κ2) is 5.59. The zero-order valence-corrected chi connectivity index (χ0v) is 12.8. The number of hydrogen-bond acceptors (Lipinski definition) is 4. The first-order valence-electron chi connectivity index (χ1n) is 7.15. The van der Waals surface area contributed by atoms with Crippen LogP contribution in [0.5, 0.6) is 0 Å². The first-order valence-corrected chi connectivity index (χ1v) is 7.15. The normalized spacial score (nSPS) is 12.5. The lowest BCUT2D eigenvalue weighted by atomic mass is 10.3. The Balaban J connectivity index is 1.68. The van der Waals surface area contributed by atoms with Gasteiger partial charge in [0, 0.05) is 30.8 Å². The van der Waals surface area contributed by atoms with Gasteiger partial charge in [0.25, 0.3) is 5.91 Å². The lowest BCUT2D eigenvalue weighted by Gasteiger charge is -2.14. The second-order valence-electron chi connectivity index (χ2n) is 5.38. The fraction of sp³-hybridized carbons (Fsp3) is 0.333. The average Bonchev–Trinajstić information content (AvgIpc) is 3.07. The van der Waals surface area contributed by atoms with E-state index >= 15 is 0 Å². The van der Waals surface area contributed by atoms with Crippen LogP contribution in [0.1, 0.15) is 34.8 Å². The monoisotopic (exact) mass is 298 g/mol. The Morgan fingerprint density at radius 1 is 1.41 bits per heavy atom. The minimum Gasteiger partial charge on any atom is -0.349 e. The van der Waals surface area contributed by atoms with Crippen LogP contribution in [-0.2, 0) is 0 Å². The van der Waals surface area contributed by atoms with E-state index in [1.165, 1.54) is 0 Å². The van der Waals surface area contributed by atoms with Crippen molar-refractivity contribution in [2.45, 2.75) is 26.8 Å². The Hall–Kier alpha value is -2.70. The van der Waals surface area contributed by atoms with Gasteiger partial charge < -0.3 is 5.32 Å². The molecule has 7 nitrogen and oxygen atoms in total. The largest absolute Gasteiger partial charge is 0.349 e. The van der Waals surface area contributed by atoms with Gasteiger partial charge in [0.1, 0.15) is 5.69 Å². The molecule has 3 heterocycles. The number of carbonyl (C=O) groups is 1. The molecule has 0 bridgehead atoms. The van der Waals surface area contributed by atoms with Gasteiger partial charge in [-0.3, -0.25) is 13.9 Å². The molecular formula is C15H18N6O. The van der Waals surface area contributed by atoms with Crippen molar-refractivity contribution in [1.82, 2.24) is 29.5 Å². The topological polar surface area (TPSA) is 77.1 Å². The van der Waals surface area contributed by atoms with Crippen molar-refractivity contribution in [2.24, 2.45) is 0 Å². The summed E-state index contributed by atoms with van der Waals surface area (Å²) in [6.07, 6.45) is 5.13. The van der Waals surface area contributed by atoms with Crippen molar-refractivity contribution in [3.63, 3.8) is 0 Å². The van der Waals surface area contributed by atoms with E-state index < -0.39 is 0 Å². The van der Waals surface area contributed by atoms with E-state index in [0.717, 1.165) is 11.4 Å². The summed E-state index contributed by atoms with van der Waals surface area (Å²) in [5.41, 5.74) is 2.41. The third-order valence-electron chi connectivity index (χ3n) is 3.49.